The highest BCUT2D eigenvalue weighted by Gasteiger charge is 2.35. The van der Waals surface area contributed by atoms with Crippen LogP contribution in [-0.2, 0) is 4.74 Å². The molecule has 3 nitrogen and oxygen atoms in total. The minimum atomic E-state index is -0.310. The van der Waals surface area contributed by atoms with Crippen LogP contribution in [0, 0.1) is 5.41 Å². The minimum Gasteiger partial charge on any atom is -0.453 e. The van der Waals surface area contributed by atoms with Crippen LogP contribution in [-0.4, -0.2) is 19.7 Å². The molecule has 12 heavy (non-hydrogen) atoms. The Balaban J connectivity index is 2.24. The summed E-state index contributed by atoms with van der Waals surface area (Å²) in [7, 11) is 1.40. The van der Waals surface area contributed by atoms with Gasteiger partial charge in [0.15, 0.2) is 0 Å². The molecule has 1 amide bonds. The Morgan fingerprint density at radius 2 is 2.25 bits per heavy atom. The number of alkyl carbamates (subject to hydrolysis) is 1. The number of carbonyl (C=O) groups is 1. The standard InChI is InChI=1S/C9H17NO2/c1-3-9(5-4-6-9)7-10-8(11)12-2/h3-7H2,1-2H3,(H,10,11). The molecule has 1 aliphatic carbocycles. The van der Waals surface area contributed by atoms with Crippen LogP contribution < -0.4 is 5.32 Å². The van der Waals surface area contributed by atoms with Crippen molar-refractivity contribution in [3.63, 3.8) is 0 Å². The van der Waals surface area contributed by atoms with Crippen LogP contribution in [0.3, 0.4) is 0 Å². The lowest BCUT2D eigenvalue weighted by Gasteiger charge is -2.41. The Bertz CT molecular complexity index is 158. The van der Waals surface area contributed by atoms with Crippen LogP contribution in [0.2, 0.25) is 0 Å². The van der Waals surface area contributed by atoms with E-state index in [4.69, 9.17) is 0 Å². The van der Waals surface area contributed by atoms with E-state index in [9.17, 15) is 4.79 Å². The molecule has 0 unspecified atom stereocenters. The van der Waals surface area contributed by atoms with E-state index >= 15 is 0 Å². The first kappa shape index (κ1) is 9.36. The fourth-order valence-electron chi connectivity index (χ4n) is 1.66. The van der Waals surface area contributed by atoms with E-state index in [0.29, 0.717) is 5.41 Å². The van der Waals surface area contributed by atoms with E-state index in [1.165, 1.54) is 26.4 Å². The zero-order valence-electron chi connectivity index (χ0n) is 7.85. The maximum Gasteiger partial charge on any atom is 0.406 e. The van der Waals surface area contributed by atoms with Gasteiger partial charge in [0.1, 0.15) is 0 Å². The Morgan fingerprint density at radius 1 is 1.58 bits per heavy atom. The molecule has 1 rings (SSSR count). The number of hydrogen-bond donors (Lipinski definition) is 1. The van der Waals surface area contributed by atoms with E-state index in [1.54, 1.807) is 0 Å². The fourth-order valence-corrected chi connectivity index (χ4v) is 1.66. The molecule has 0 saturated heterocycles. The summed E-state index contributed by atoms with van der Waals surface area (Å²) < 4.78 is 4.51. The molecular weight excluding hydrogens is 154 g/mol. The summed E-state index contributed by atoms with van der Waals surface area (Å²) in [4.78, 5) is 10.8. The Morgan fingerprint density at radius 3 is 2.58 bits per heavy atom. The second-order valence-electron chi connectivity index (χ2n) is 3.55. The fraction of sp³-hybridized carbons (Fsp3) is 0.889. The van der Waals surface area contributed by atoms with Crippen molar-refractivity contribution >= 4 is 6.09 Å². The average Bonchev–Trinajstić information content (AvgIpc) is 2.03. The summed E-state index contributed by atoms with van der Waals surface area (Å²) in [6.07, 6.45) is 4.63. The van der Waals surface area contributed by atoms with Crippen LogP contribution in [0.4, 0.5) is 4.79 Å². The lowest BCUT2D eigenvalue weighted by molar-refractivity contribution is 0.114. The first-order chi connectivity index (χ1) is 5.72. The summed E-state index contributed by atoms with van der Waals surface area (Å²) in [5.74, 6) is 0. The number of carbonyl (C=O) groups excluding carboxylic acids is 1. The van der Waals surface area contributed by atoms with Crippen molar-refractivity contribution in [3.05, 3.63) is 0 Å². The third-order valence-electron chi connectivity index (χ3n) is 2.96. The summed E-state index contributed by atoms with van der Waals surface area (Å²) in [6, 6.07) is 0. The van der Waals surface area contributed by atoms with Crippen molar-refractivity contribution in [1.82, 2.24) is 5.32 Å². The number of ether oxygens (including phenoxy) is 1. The molecule has 70 valence electrons. The van der Waals surface area contributed by atoms with Crippen molar-refractivity contribution in [3.8, 4) is 0 Å². The van der Waals surface area contributed by atoms with Crippen LogP contribution in [0.25, 0.3) is 0 Å². The number of hydrogen-bond acceptors (Lipinski definition) is 2. The van der Waals surface area contributed by atoms with Gasteiger partial charge in [-0.15, -0.1) is 0 Å². The van der Waals surface area contributed by atoms with Crippen LogP contribution >= 0.6 is 0 Å². The Kier molecular flexibility index (Phi) is 2.95. The monoisotopic (exact) mass is 171 g/mol. The van der Waals surface area contributed by atoms with Gasteiger partial charge in [0.05, 0.1) is 7.11 Å². The van der Waals surface area contributed by atoms with Crippen molar-refractivity contribution in [1.29, 1.82) is 0 Å². The van der Waals surface area contributed by atoms with Crippen molar-refractivity contribution in [2.24, 2.45) is 5.41 Å². The smallest absolute Gasteiger partial charge is 0.406 e. The molecule has 0 aromatic heterocycles. The largest absolute Gasteiger partial charge is 0.453 e. The normalized spacial score (nSPS) is 19.5. The number of amides is 1. The van der Waals surface area contributed by atoms with Gasteiger partial charge in [-0.3, -0.25) is 0 Å². The molecule has 1 aliphatic rings. The van der Waals surface area contributed by atoms with E-state index < -0.39 is 0 Å². The second kappa shape index (κ2) is 3.78. The average molecular weight is 171 g/mol. The predicted octanol–water partition coefficient (Wildman–Crippen LogP) is 1.92. The van der Waals surface area contributed by atoms with Gasteiger partial charge in [0, 0.05) is 6.54 Å². The van der Waals surface area contributed by atoms with Gasteiger partial charge in [-0.2, -0.15) is 0 Å². The van der Waals surface area contributed by atoms with Crippen LogP contribution in [0.1, 0.15) is 32.6 Å². The van der Waals surface area contributed by atoms with Gasteiger partial charge in [-0.05, 0) is 24.7 Å². The molecule has 0 radical (unpaired) electrons. The number of rotatable bonds is 3. The Labute approximate surface area is 73.5 Å². The van der Waals surface area contributed by atoms with Gasteiger partial charge >= 0.3 is 6.09 Å². The summed E-state index contributed by atoms with van der Waals surface area (Å²) in [5, 5.41) is 2.76. The van der Waals surface area contributed by atoms with E-state index in [2.05, 4.69) is 17.0 Å². The van der Waals surface area contributed by atoms with E-state index in [-0.39, 0.29) is 6.09 Å². The molecule has 0 aromatic carbocycles. The first-order valence-electron chi connectivity index (χ1n) is 4.54. The third-order valence-corrected chi connectivity index (χ3v) is 2.96. The lowest BCUT2D eigenvalue weighted by Crippen LogP contribution is -2.41. The maximum atomic E-state index is 10.8. The second-order valence-corrected chi connectivity index (χ2v) is 3.55. The Hall–Kier alpha value is -0.730. The number of nitrogens with one attached hydrogen (secondary N) is 1. The molecule has 0 aliphatic heterocycles. The molecule has 0 aromatic rings. The molecule has 0 spiro atoms. The minimum absolute atomic E-state index is 0.310. The van der Waals surface area contributed by atoms with Gasteiger partial charge in [0.25, 0.3) is 0 Å². The molecule has 0 atom stereocenters. The molecule has 3 heteroatoms. The van der Waals surface area contributed by atoms with E-state index in [0.717, 1.165) is 13.0 Å². The molecule has 0 bridgehead atoms. The highest BCUT2D eigenvalue weighted by Crippen LogP contribution is 2.42. The zero-order valence-corrected chi connectivity index (χ0v) is 7.85. The summed E-state index contributed by atoms with van der Waals surface area (Å²) >= 11 is 0. The van der Waals surface area contributed by atoms with Gasteiger partial charge in [0.2, 0.25) is 0 Å². The quantitative estimate of drug-likeness (QED) is 0.704. The number of methoxy groups -OCH3 is 1. The lowest BCUT2D eigenvalue weighted by atomic mass is 9.67. The molecule has 1 fully saturated rings. The SMILES string of the molecule is CCC1(CNC(=O)OC)CCC1. The van der Waals surface area contributed by atoms with Crippen molar-refractivity contribution in [2.75, 3.05) is 13.7 Å². The van der Waals surface area contributed by atoms with Crippen molar-refractivity contribution in [2.45, 2.75) is 32.6 Å². The van der Waals surface area contributed by atoms with Gasteiger partial charge in [-0.25, -0.2) is 4.79 Å². The molecule has 1 saturated carbocycles. The maximum absolute atomic E-state index is 10.8. The molecule has 1 N–H and O–H groups in total. The van der Waals surface area contributed by atoms with Gasteiger partial charge in [-0.1, -0.05) is 13.3 Å². The third kappa shape index (κ3) is 1.90. The summed E-state index contributed by atoms with van der Waals surface area (Å²) in [5.41, 5.74) is 0.383. The molecule has 0 heterocycles. The van der Waals surface area contributed by atoms with Crippen LogP contribution in [0.15, 0.2) is 0 Å². The van der Waals surface area contributed by atoms with Crippen molar-refractivity contribution < 1.29 is 9.53 Å². The first-order valence-corrected chi connectivity index (χ1v) is 4.54. The highest BCUT2D eigenvalue weighted by molar-refractivity contribution is 5.66. The predicted molar refractivity (Wildman–Crippen MR) is 47.0 cm³/mol. The summed E-state index contributed by atoms with van der Waals surface area (Å²) in [6.45, 7) is 2.95. The van der Waals surface area contributed by atoms with E-state index in [1.807, 2.05) is 0 Å². The van der Waals surface area contributed by atoms with Gasteiger partial charge < -0.3 is 10.1 Å². The topological polar surface area (TPSA) is 38.3 Å². The van der Waals surface area contributed by atoms with Crippen LogP contribution in [0.5, 0.6) is 0 Å². The molecular formula is C9H17NO2. The zero-order chi connectivity index (χ0) is 9.03. The highest BCUT2D eigenvalue weighted by atomic mass is 16.5.